The molecule has 0 aliphatic carbocycles. The Hall–Kier alpha value is -3.42. The van der Waals surface area contributed by atoms with E-state index in [-0.39, 0.29) is 18.5 Å². The highest BCUT2D eigenvalue weighted by molar-refractivity contribution is 5.86. The average Bonchev–Trinajstić information content (AvgIpc) is 3.22. The highest BCUT2D eigenvalue weighted by Gasteiger charge is 2.33. The molecule has 1 aliphatic rings. The Bertz CT molecular complexity index is 931. The summed E-state index contributed by atoms with van der Waals surface area (Å²) < 4.78 is 14.0. The number of ether oxygens (including phenoxy) is 2. The summed E-state index contributed by atoms with van der Waals surface area (Å²) in [6.45, 7) is 0.0286. The lowest BCUT2D eigenvalue weighted by atomic mass is 10.3. The third-order valence-corrected chi connectivity index (χ3v) is 3.58. The van der Waals surface area contributed by atoms with Crippen LogP contribution < -0.4 is 15.0 Å². The van der Waals surface area contributed by atoms with Crippen molar-refractivity contribution in [3.63, 3.8) is 0 Å². The molecule has 4 rings (SSSR count). The largest absolute Gasteiger partial charge is 0.489 e. The van der Waals surface area contributed by atoms with Gasteiger partial charge in [0.05, 0.1) is 6.33 Å². The van der Waals surface area contributed by atoms with E-state index in [0.717, 1.165) is 5.69 Å². The van der Waals surface area contributed by atoms with E-state index in [1.165, 1.54) is 16.8 Å². The van der Waals surface area contributed by atoms with Crippen molar-refractivity contribution in [2.45, 2.75) is 6.10 Å². The van der Waals surface area contributed by atoms with E-state index in [9.17, 15) is 9.59 Å². The van der Waals surface area contributed by atoms with Gasteiger partial charge >= 0.3 is 6.01 Å². The van der Waals surface area contributed by atoms with Crippen molar-refractivity contribution < 1.29 is 14.3 Å². The highest BCUT2D eigenvalue weighted by Crippen LogP contribution is 2.19. The van der Waals surface area contributed by atoms with Crippen LogP contribution >= 0.6 is 0 Å². The van der Waals surface area contributed by atoms with Crippen LogP contribution in [-0.4, -0.2) is 37.7 Å². The molecule has 0 radical (unpaired) electrons. The average molecular weight is 324 g/mol. The first kappa shape index (κ1) is 14.2. The van der Waals surface area contributed by atoms with Crippen molar-refractivity contribution in [1.82, 2.24) is 19.1 Å². The summed E-state index contributed by atoms with van der Waals surface area (Å²) in [7, 11) is 0. The molecule has 3 aromatic rings. The molecule has 1 unspecified atom stereocenters. The molecular formula is C16H12N4O4. The Morgan fingerprint density at radius 1 is 1.12 bits per heavy atom. The molecule has 24 heavy (non-hydrogen) atoms. The second kappa shape index (κ2) is 5.65. The molecule has 0 fully saturated rings. The fraction of sp³-hybridized carbons (Fsp3) is 0.125. The minimum atomic E-state index is -0.826. The number of fused-ring (bicyclic) bond motifs is 1. The van der Waals surface area contributed by atoms with E-state index in [0.29, 0.717) is 5.75 Å². The van der Waals surface area contributed by atoms with E-state index >= 15 is 0 Å². The Morgan fingerprint density at radius 3 is 2.71 bits per heavy atom. The van der Waals surface area contributed by atoms with E-state index in [2.05, 4.69) is 9.97 Å². The summed E-state index contributed by atoms with van der Waals surface area (Å²) in [5.41, 5.74) is 0.494. The Kier molecular flexibility index (Phi) is 3.34. The van der Waals surface area contributed by atoms with Crippen molar-refractivity contribution in [3.05, 3.63) is 65.6 Å². The van der Waals surface area contributed by atoms with Crippen molar-refractivity contribution >= 4 is 5.91 Å². The number of hydrogen-bond donors (Lipinski definition) is 0. The minimum absolute atomic E-state index is 0.00319. The number of hydrogen-bond acceptors (Lipinski definition) is 6. The zero-order valence-corrected chi connectivity index (χ0v) is 12.4. The highest BCUT2D eigenvalue weighted by atomic mass is 16.6. The Balaban J connectivity index is 1.43. The number of aromatic nitrogens is 4. The van der Waals surface area contributed by atoms with Gasteiger partial charge in [-0.2, -0.15) is 4.98 Å². The maximum Gasteiger partial charge on any atom is 0.307 e. The molecule has 2 aromatic heterocycles. The van der Waals surface area contributed by atoms with Crippen LogP contribution in [0, 0.1) is 0 Å². The van der Waals surface area contributed by atoms with Crippen molar-refractivity contribution in [2.24, 2.45) is 0 Å². The normalized spacial score (nSPS) is 15.8. The molecule has 0 bridgehead atoms. The van der Waals surface area contributed by atoms with E-state index < -0.39 is 11.7 Å². The molecule has 0 N–H and O–H groups in total. The van der Waals surface area contributed by atoms with E-state index in [4.69, 9.17) is 9.47 Å². The van der Waals surface area contributed by atoms with Gasteiger partial charge in [-0.1, -0.05) is 0 Å². The van der Waals surface area contributed by atoms with Crippen LogP contribution in [0.15, 0.2) is 60.0 Å². The molecule has 3 heterocycles. The fourth-order valence-corrected chi connectivity index (χ4v) is 2.37. The number of carbonyl (C=O) groups excluding carboxylic acids is 1. The molecule has 1 aliphatic heterocycles. The van der Waals surface area contributed by atoms with Crippen LogP contribution in [0.3, 0.4) is 0 Å². The first-order valence-electron chi connectivity index (χ1n) is 7.22. The predicted molar refractivity (Wildman–Crippen MR) is 82.6 cm³/mol. The number of imidazole rings is 1. The van der Waals surface area contributed by atoms with Crippen LogP contribution in [0.4, 0.5) is 0 Å². The van der Waals surface area contributed by atoms with Crippen molar-refractivity contribution in [2.75, 3.05) is 6.61 Å². The molecule has 0 spiro atoms. The maximum absolute atomic E-state index is 12.1. The lowest BCUT2D eigenvalue weighted by Gasteiger charge is -2.10. The second-order valence-corrected chi connectivity index (χ2v) is 5.14. The summed E-state index contributed by atoms with van der Waals surface area (Å²) in [4.78, 5) is 31.0. The van der Waals surface area contributed by atoms with Crippen LogP contribution in [-0.2, 0) is 0 Å². The van der Waals surface area contributed by atoms with Gasteiger partial charge in [-0.15, -0.1) is 0 Å². The standard InChI is InChI=1S/C16H12N4O4/c21-14-5-7-20-15(22)13(24-16(20)18-14)9-23-12-3-1-11(2-4-12)19-8-6-17-10-19/h1-8,10,13H,9H2. The number of benzene rings is 1. The topological polar surface area (TPSA) is 88.2 Å². The van der Waals surface area contributed by atoms with E-state index in [1.807, 2.05) is 22.9 Å². The van der Waals surface area contributed by atoms with Crippen molar-refractivity contribution in [1.29, 1.82) is 0 Å². The van der Waals surface area contributed by atoms with Crippen LogP contribution in [0.5, 0.6) is 11.8 Å². The summed E-state index contributed by atoms with van der Waals surface area (Å²) in [5.74, 6) is 0.293. The molecular weight excluding hydrogens is 312 g/mol. The SMILES string of the molecule is O=C1C(COc2ccc(-n3ccnc3)cc2)Oc2nc(=O)ccn21. The number of carbonyl (C=O) groups is 1. The van der Waals surface area contributed by atoms with Gasteiger partial charge in [-0.25, -0.2) is 9.55 Å². The molecule has 120 valence electrons. The quantitative estimate of drug-likeness (QED) is 0.709. The van der Waals surface area contributed by atoms with Gasteiger partial charge in [0.25, 0.3) is 11.5 Å². The third-order valence-electron chi connectivity index (χ3n) is 3.58. The van der Waals surface area contributed by atoms with Crippen LogP contribution in [0.2, 0.25) is 0 Å². The first-order valence-corrected chi connectivity index (χ1v) is 7.22. The van der Waals surface area contributed by atoms with Crippen molar-refractivity contribution in [3.8, 4) is 17.4 Å². The summed E-state index contributed by atoms with van der Waals surface area (Å²) in [6, 6.07) is 8.55. The van der Waals surface area contributed by atoms with E-state index in [1.54, 1.807) is 24.7 Å². The van der Waals surface area contributed by atoms with Gasteiger partial charge in [0.1, 0.15) is 12.4 Å². The maximum atomic E-state index is 12.1. The lowest BCUT2D eigenvalue weighted by Crippen LogP contribution is -2.30. The Morgan fingerprint density at radius 2 is 1.96 bits per heavy atom. The van der Waals surface area contributed by atoms with Gasteiger partial charge in [0, 0.05) is 30.3 Å². The molecule has 8 heteroatoms. The predicted octanol–water partition coefficient (Wildman–Crippen LogP) is 0.909. The summed E-state index contributed by atoms with van der Waals surface area (Å²) in [6.07, 6.45) is 5.77. The second-order valence-electron chi connectivity index (χ2n) is 5.14. The molecule has 1 aromatic carbocycles. The number of nitrogens with zero attached hydrogens (tertiary/aromatic N) is 4. The zero-order chi connectivity index (χ0) is 16.5. The number of rotatable bonds is 4. The van der Waals surface area contributed by atoms with Crippen LogP contribution in [0.25, 0.3) is 5.69 Å². The fourth-order valence-electron chi connectivity index (χ4n) is 2.37. The molecule has 0 saturated heterocycles. The van der Waals surface area contributed by atoms with Gasteiger partial charge in [-0.05, 0) is 24.3 Å². The summed E-state index contributed by atoms with van der Waals surface area (Å²) in [5, 5.41) is 0. The molecule has 1 atom stereocenters. The third kappa shape index (κ3) is 2.54. The Labute approximate surface area is 135 Å². The molecule has 0 saturated carbocycles. The zero-order valence-electron chi connectivity index (χ0n) is 12.4. The minimum Gasteiger partial charge on any atom is -0.489 e. The molecule has 8 nitrogen and oxygen atoms in total. The lowest BCUT2D eigenvalue weighted by molar-refractivity contribution is 0.0726. The first-order chi connectivity index (χ1) is 11.7. The van der Waals surface area contributed by atoms with Gasteiger partial charge in [0.2, 0.25) is 6.10 Å². The molecule has 0 amide bonds. The summed E-state index contributed by atoms with van der Waals surface area (Å²) >= 11 is 0. The monoisotopic (exact) mass is 324 g/mol. The smallest absolute Gasteiger partial charge is 0.307 e. The van der Waals surface area contributed by atoms with Gasteiger partial charge in [-0.3, -0.25) is 9.59 Å². The van der Waals surface area contributed by atoms with Crippen LogP contribution in [0.1, 0.15) is 4.79 Å². The van der Waals surface area contributed by atoms with Gasteiger partial charge < -0.3 is 14.0 Å². The van der Waals surface area contributed by atoms with Gasteiger partial charge in [0.15, 0.2) is 0 Å².